The van der Waals surface area contributed by atoms with Crippen LogP contribution < -0.4 is 10.8 Å². The predicted molar refractivity (Wildman–Crippen MR) is 112 cm³/mol. The van der Waals surface area contributed by atoms with Crippen molar-refractivity contribution >= 4 is 44.4 Å². The van der Waals surface area contributed by atoms with Crippen LogP contribution in [0.4, 0.5) is 5.13 Å². The van der Waals surface area contributed by atoms with Crippen LogP contribution in [0.3, 0.4) is 0 Å². The first-order chi connectivity index (χ1) is 14.5. The first kappa shape index (κ1) is 22.1. The average Bonchev–Trinajstić information content (AvgIpc) is 3.39. The summed E-state index contributed by atoms with van der Waals surface area (Å²) in [5, 5.41) is 22.3. The van der Waals surface area contributed by atoms with Crippen LogP contribution in [0, 0.1) is 5.92 Å². The number of aliphatic hydroxyl groups excluding tert-OH is 1. The van der Waals surface area contributed by atoms with Crippen molar-refractivity contribution in [3.8, 4) is 0 Å². The number of amides is 3. The number of nitrogens with one attached hydrogen (secondary N) is 2. The summed E-state index contributed by atoms with van der Waals surface area (Å²) in [5.41, 5.74) is 2.19. The smallest absolute Gasteiger partial charge is 0.272 e. The summed E-state index contributed by atoms with van der Waals surface area (Å²) in [4.78, 5) is 43.5. The standard InChI is InChI=1S/C20H26N4O5S/c1-2-3-7-12(16(25)18(27)23-29)19(28)24-11-6-9-14(24)17(26)22-20-21-13-8-4-5-10-15(13)30-20/h4-5,8,10,12,14,16,25,29H,2-3,6-7,9,11H2,1H3,(H,23,27)(H,21,22,26)/t12-,14+,16+/m1/s1. The molecule has 2 aromatic rings. The minimum atomic E-state index is -1.68. The third-order valence-corrected chi connectivity index (χ3v) is 6.26. The summed E-state index contributed by atoms with van der Waals surface area (Å²) >= 11 is 1.36. The molecule has 1 aliphatic rings. The molecule has 3 rings (SSSR count). The van der Waals surface area contributed by atoms with Gasteiger partial charge in [0.2, 0.25) is 11.8 Å². The number of aromatic nitrogens is 1. The van der Waals surface area contributed by atoms with E-state index in [9.17, 15) is 19.5 Å². The number of aliphatic hydroxyl groups is 1. The molecule has 1 saturated heterocycles. The van der Waals surface area contributed by atoms with Crippen molar-refractivity contribution in [1.82, 2.24) is 15.4 Å². The molecule has 3 amide bonds. The second kappa shape index (κ2) is 9.96. The summed E-state index contributed by atoms with van der Waals surface area (Å²) in [5.74, 6) is -2.84. The van der Waals surface area contributed by atoms with Gasteiger partial charge in [0.05, 0.1) is 16.1 Å². The fourth-order valence-electron chi connectivity index (χ4n) is 3.72. The second-order valence-electron chi connectivity index (χ2n) is 7.34. The van der Waals surface area contributed by atoms with Crippen molar-refractivity contribution in [2.24, 2.45) is 5.92 Å². The highest BCUT2D eigenvalue weighted by Gasteiger charge is 2.41. The van der Waals surface area contributed by atoms with Gasteiger partial charge in [-0.1, -0.05) is 43.2 Å². The maximum atomic E-state index is 13.1. The van der Waals surface area contributed by atoms with E-state index in [4.69, 9.17) is 5.21 Å². The Bertz CT molecular complexity index is 884. The zero-order valence-corrected chi connectivity index (χ0v) is 17.5. The second-order valence-corrected chi connectivity index (χ2v) is 8.37. The number of carbonyl (C=O) groups is 3. The Hall–Kier alpha value is -2.56. The number of likely N-dealkylation sites (tertiary alicyclic amines) is 1. The Labute approximate surface area is 178 Å². The van der Waals surface area contributed by atoms with Gasteiger partial charge >= 0.3 is 0 Å². The van der Waals surface area contributed by atoms with E-state index in [0.29, 0.717) is 30.9 Å². The number of hydroxylamine groups is 1. The van der Waals surface area contributed by atoms with Crippen molar-refractivity contribution in [2.45, 2.75) is 51.2 Å². The van der Waals surface area contributed by atoms with E-state index in [1.807, 2.05) is 31.2 Å². The number of hydrogen-bond donors (Lipinski definition) is 4. The number of carbonyl (C=O) groups excluding carboxylic acids is 3. The molecule has 0 saturated carbocycles. The summed E-state index contributed by atoms with van der Waals surface area (Å²) in [6, 6.07) is 6.85. The fraction of sp³-hybridized carbons (Fsp3) is 0.500. The molecule has 10 heteroatoms. The Kier molecular flexibility index (Phi) is 7.35. The highest BCUT2D eigenvalue weighted by molar-refractivity contribution is 7.22. The van der Waals surface area contributed by atoms with Gasteiger partial charge in [0.25, 0.3) is 5.91 Å². The summed E-state index contributed by atoms with van der Waals surface area (Å²) in [7, 11) is 0. The van der Waals surface area contributed by atoms with Crippen LogP contribution in [0.5, 0.6) is 0 Å². The highest BCUT2D eigenvalue weighted by atomic mass is 32.1. The molecule has 0 aliphatic carbocycles. The van der Waals surface area contributed by atoms with Crippen LogP contribution in [0.25, 0.3) is 10.2 Å². The molecular weight excluding hydrogens is 408 g/mol. The van der Waals surface area contributed by atoms with Gasteiger partial charge in [-0.15, -0.1) is 0 Å². The number of hydrogen-bond acceptors (Lipinski definition) is 7. The molecule has 30 heavy (non-hydrogen) atoms. The van der Waals surface area contributed by atoms with Crippen molar-refractivity contribution in [3.05, 3.63) is 24.3 Å². The predicted octanol–water partition coefficient (Wildman–Crippen LogP) is 1.90. The van der Waals surface area contributed by atoms with E-state index in [0.717, 1.165) is 16.6 Å². The summed E-state index contributed by atoms with van der Waals surface area (Å²) in [6.45, 7) is 2.30. The number of benzene rings is 1. The first-order valence-corrected chi connectivity index (χ1v) is 10.9. The molecule has 1 fully saturated rings. The van der Waals surface area contributed by atoms with E-state index >= 15 is 0 Å². The van der Waals surface area contributed by atoms with Crippen LogP contribution >= 0.6 is 11.3 Å². The van der Waals surface area contributed by atoms with Crippen molar-refractivity contribution in [1.29, 1.82) is 0 Å². The minimum Gasteiger partial charge on any atom is -0.382 e. The van der Waals surface area contributed by atoms with Gasteiger partial charge in [0.1, 0.15) is 12.1 Å². The van der Waals surface area contributed by atoms with Crippen LogP contribution in [-0.4, -0.2) is 56.6 Å². The lowest BCUT2D eigenvalue weighted by atomic mass is 9.93. The highest BCUT2D eigenvalue weighted by Crippen LogP contribution is 2.28. The molecule has 3 atom stereocenters. The van der Waals surface area contributed by atoms with Gasteiger partial charge in [-0.2, -0.15) is 0 Å². The Morgan fingerprint density at radius 1 is 1.33 bits per heavy atom. The quantitative estimate of drug-likeness (QED) is 0.371. The number of fused-ring (bicyclic) bond motifs is 1. The van der Waals surface area contributed by atoms with Crippen LogP contribution in [0.2, 0.25) is 0 Å². The maximum Gasteiger partial charge on any atom is 0.272 e. The normalized spacial score (nSPS) is 18.2. The van der Waals surface area contributed by atoms with Gasteiger partial charge in [-0.3, -0.25) is 19.6 Å². The number of thiazole rings is 1. The number of para-hydroxylation sites is 1. The molecule has 0 bridgehead atoms. The minimum absolute atomic E-state index is 0.284. The zero-order chi connectivity index (χ0) is 21.7. The first-order valence-electron chi connectivity index (χ1n) is 10.0. The Morgan fingerprint density at radius 2 is 2.10 bits per heavy atom. The monoisotopic (exact) mass is 434 g/mol. The van der Waals surface area contributed by atoms with E-state index in [-0.39, 0.29) is 12.3 Å². The summed E-state index contributed by atoms with van der Waals surface area (Å²) < 4.78 is 0.949. The Morgan fingerprint density at radius 3 is 2.80 bits per heavy atom. The van der Waals surface area contributed by atoms with E-state index in [1.165, 1.54) is 21.7 Å². The van der Waals surface area contributed by atoms with Crippen LogP contribution in [0.15, 0.2) is 24.3 Å². The number of anilines is 1. The van der Waals surface area contributed by atoms with E-state index in [2.05, 4.69) is 10.3 Å². The molecule has 1 aromatic heterocycles. The zero-order valence-electron chi connectivity index (χ0n) is 16.7. The fourth-order valence-corrected chi connectivity index (χ4v) is 4.59. The van der Waals surface area contributed by atoms with Crippen LogP contribution in [-0.2, 0) is 14.4 Å². The Balaban J connectivity index is 1.74. The van der Waals surface area contributed by atoms with Crippen LogP contribution in [0.1, 0.15) is 39.0 Å². The van der Waals surface area contributed by atoms with Crippen molar-refractivity contribution < 1.29 is 24.7 Å². The van der Waals surface area contributed by atoms with Gasteiger partial charge in [0, 0.05) is 6.54 Å². The third kappa shape index (κ3) is 4.77. The van der Waals surface area contributed by atoms with Gasteiger partial charge in [0.15, 0.2) is 5.13 Å². The maximum absolute atomic E-state index is 13.1. The van der Waals surface area contributed by atoms with Crippen molar-refractivity contribution in [3.63, 3.8) is 0 Å². The SMILES string of the molecule is CCCC[C@@H](C(=O)N1CCC[C@H]1C(=O)Nc1nc2ccccc2s1)[C@H](O)C(=O)NO. The topological polar surface area (TPSA) is 132 Å². The van der Waals surface area contributed by atoms with Gasteiger partial charge in [-0.05, 0) is 31.4 Å². The van der Waals surface area contributed by atoms with E-state index in [1.54, 1.807) is 0 Å². The molecule has 1 aromatic carbocycles. The molecule has 0 spiro atoms. The lowest BCUT2D eigenvalue weighted by Crippen LogP contribution is -2.50. The van der Waals surface area contributed by atoms with E-state index < -0.39 is 29.9 Å². The molecular formula is C20H26N4O5S. The molecule has 4 N–H and O–H groups in total. The van der Waals surface area contributed by atoms with Gasteiger partial charge < -0.3 is 15.3 Å². The molecule has 9 nitrogen and oxygen atoms in total. The molecule has 0 radical (unpaired) electrons. The third-order valence-electron chi connectivity index (χ3n) is 5.31. The number of unbranched alkanes of at least 4 members (excludes halogenated alkanes) is 1. The number of nitrogens with zero attached hydrogens (tertiary/aromatic N) is 2. The lowest BCUT2D eigenvalue weighted by molar-refractivity contribution is -0.152. The van der Waals surface area contributed by atoms with Crippen molar-refractivity contribution in [2.75, 3.05) is 11.9 Å². The summed E-state index contributed by atoms with van der Waals surface area (Å²) in [6.07, 6.45) is 1.15. The lowest BCUT2D eigenvalue weighted by Gasteiger charge is -2.29. The molecule has 0 unspecified atom stereocenters. The molecule has 1 aliphatic heterocycles. The van der Waals surface area contributed by atoms with Gasteiger partial charge in [-0.25, -0.2) is 10.5 Å². The average molecular weight is 435 g/mol. The molecule has 162 valence electrons. The molecule has 2 heterocycles. The number of rotatable bonds is 8. The largest absolute Gasteiger partial charge is 0.382 e.